The normalized spacial score (nSPS) is 23.2. The van der Waals surface area contributed by atoms with E-state index >= 15 is 0 Å². The summed E-state index contributed by atoms with van der Waals surface area (Å²) in [5, 5.41) is 0. The molecule has 102 valence electrons. The van der Waals surface area contributed by atoms with Crippen LogP contribution >= 0.6 is 19.2 Å². The predicted octanol–water partition coefficient (Wildman–Crippen LogP) is 4.44. The Hall–Kier alpha value is 0.440. The van der Waals surface area contributed by atoms with Gasteiger partial charge in [-0.15, -0.1) is 0 Å². The summed E-state index contributed by atoms with van der Waals surface area (Å²) in [7, 11) is -2.71. The van der Waals surface area contributed by atoms with E-state index in [4.69, 9.17) is 20.7 Å². The van der Waals surface area contributed by atoms with Crippen molar-refractivity contribution >= 4 is 19.2 Å². The maximum atomic E-state index is 12.5. The van der Waals surface area contributed by atoms with Crippen LogP contribution in [0.4, 0.5) is 0 Å². The molecule has 0 aromatic rings. The maximum Gasteiger partial charge on any atom is 0.224 e. The van der Waals surface area contributed by atoms with Gasteiger partial charge in [-0.3, -0.25) is 4.57 Å². The highest BCUT2D eigenvalue weighted by atomic mass is 35.5. The van der Waals surface area contributed by atoms with Crippen molar-refractivity contribution in [2.75, 3.05) is 18.9 Å². The molecule has 2 unspecified atom stereocenters. The first-order chi connectivity index (χ1) is 8.09. The van der Waals surface area contributed by atoms with E-state index in [0.29, 0.717) is 24.8 Å². The maximum absolute atomic E-state index is 12.5. The van der Waals surface area contributed by atoms with Crippen LogP contribution in [-0.4, -0.2) is 25.0 Å². The lowest BCUT2D eigenvalue weighted by Gasteiger charge is -2.26. The quantitative estimate of drug-likeness (QED) is 0.648. The number of rotatable bonds is 7. The average molecular weight is 283 g/mol. The van der Waals surface area contributed by atoms with Gasteiger partial charge < -0.3 is 4.74 Å². The molecule has 2 atom stereocenters. The van der Waals surface area contributed by atoms with Gasteiger partial charge in [0.1, 0.15) is 0 Å². The lowest BCUT2D eigenvalue weighted by molar-refractivity contribution is 0.0904. The fraction of sp³-hybridized carbons (Fsp3) is 1.00. The Morgan fingerprint density at radius 1 is 1.35 bits per heavy atom. The van der Waals surface area contributed by atoms with E-state index in [0.717, 1.165) is 12.8 Å². The van der Waals surface area contributed by atoms with Crippen molar-refractivity contribution in [2.45, 2.75) is 52.1 Å². The van der Waals surface area contributed by atoms with Crippen molar-refractivity contribution in [3.63, 3.8) is 0 Å². The van der Waals surface area contributed by atoms with Gasteiger partial charge in [-0.25, -0.2) is 4.08 Å². The van der Waals surface area contributed by atoms with Crippen LogP contribution in [0.25, 0.3) is 0 Å². The van der Waals surface area contributed by atoms with Crippen LogP contribution in [-0.2, 0) is 13.4 Å². The topological polar surface area (TPSA) is 35.5 Å². The van der Waals surface area contributed by atoms with Crippen molar-refractivity contribution < 1.29 is 13.4 Å². The highest BCUT2D eigenvalue weighted by Gasteiger charge is 2.30. The SMILES string of the molecule is CCOC(C)CP(=O)(CC1CCCCC1)OCl. The fourth-order valence-electron chi connectivity index (χ4n) is 2.62. The van der Waals surface area contributed by atoms with Gasteiger partial charge in [-0.2, -0.15) is 0 Å². The average Bonchev–Trinajstić information content (AvgIpc) is 2.30. The van der Waals surface area contributed by atoms with Gasteiger partial charge in [-0.1, -0.05) is 19.3 Å². The molecule has 5 heteroatoms. The highest BCUT2D eigenvalue weighted by molar-refractivity contribution is 7.59. The van der Waals surface area contributed by atoms with E-state index in [-0.39, 0.29) is 6.10 Å². The molecule has 1 fully saturated rings. The molecular weight excluding hydrogens is 259 g/mol. The number of hydrogen-bond donors (Lipinski definition) is 0. The van der Waals surface area contributed by atoms with Crippen molar-refractivity contribution in [3.05, 3.63) is 0 Å². The molecule has 1 rings (SSSR count). The fourth-order valence-corrected chi connectivity index (χ4v) is 5.26. The first-order valence-electron chi connectivity index (χ1n) is 6.59. The molecule has 1 aliphatic rings. The van der Waals surface area contributed by atoms with Gasteiger partial charge in [0, 0.05) is 12.8 Å². The van der Waals surface area contributed by atoms with E-state index in [9.17, 15) is 4.57 Å². The lowest BCUT2D eigenvalue weighted by Crippen LogP contribution is -2.18. The minimum absolute atomic E-state index is 0.0480. The summed E-state index contributed by atoms with van der Waals surface area (Å²) in [4.78, 5) is 0. The molecule has 0 saturated heterocycles. The van der Waals surface area contributed by atoms with Crippen LogP contribution in [0.3, 0.4) is 0 Å². The minimum atomic E-state index is -2.71. The van der Waals surface area contributed by atoms with E-state index in [1.807, 2.05) is 13.8 Å². The zero-order valence-electron chi connectivity index (χ0n) is 10.9. The Morgan fingerprint density at radius 2 is 2.00 bits per heavy atom. The summed E-state index contributed by atoms with van der Waals surface area (Å²) < 4.78 is 22.7. The zero-order chi connectivity index (χ0) is 12.7. The second kappa shape index (κ2) is 7.78. The van der Waals surface area contributed by atoms with Crippen LogP contribution in [0, 0.1) is 5.92 Å². The summed E-state index contributed by atoms with van der Waals surface area (Å²) in [6.45, 7) is 4.49. The molecule has 0 spiro atoms. The number of ether oxygens (including phenoxy) is 1. The van der Waals surface area contributed by atoms with Crippen LogP contribution in [0.2, 0.25) is 0 Å². The van der Waals surface area contributed by atoms with Crippen LogP contribution in [0.1, 0.15) is 46.0 Å². The summed E-state index contributed by atoms with van der Waals surface area (Å²) in [6, 6.07) is 0. The molecule has 3 nitrogen and oxygen atoms in total. The minimum Gasteiger partial charge on any atom is -0.378 e. The van der Waals surface area contributed by atoms with Crippen molar-refractivity contribution in [1.82, 2.24) is 0 Å². The highest BCUT2D eigenvalue weighted by Crippen LogP contribution is 2.52. The van der Waals surface area contributed by atoms with Gasteiger partial charge in [0.25, 0.3) is 0 Å². The van der Waals surface area contributed by atoms with Crippen molar-refractivity contribution in [3.8, 4) is 0 Å². The standard InChI is InChI=1S/C12H24ClO3P/c1-3-15-11(2)9-17(14,16-13)10-12-7-5-4-6-8-12/h11-12H,3-10H2,1-2H3. The first kappa shape index (κ1) is 15.5. The summed E-state index contributed by atoms with van der Waals surface area (Å²) in [6.07, 6.45) is 7.11. The Bertz CT molecular complexity index is 254. The Labute approximate surface area is 110 Å². The molecule has 1 aliphatic carbocycles. The van der Waals surface area contributed by atoms with E-state index in [1.54, 1.807) is 0 Å². The van der Waals surface area contributed by atoms with Gasteiger partial charge in [-0.05, 0) is 32.6 Å². The van der Waals surface area contributed by atoms with Crippen LogP contribution < -0.4 is 0 Å². The molecule has 0 N–H and O–H groups in total. The van der Waals surface area contributed by atoms with Crippen molar-refractivity contribution in [1.29, 1.82) is 0 Å². The second-order valence-corrected chi connectivity index (χ2v) is 7.93. The summed E-state index contributed by atoms with van der Waals surface area (Å²) in [5.41, 5.74) is 0. The molecule has 0 aliphatic heterocycles. The summed E-state index contributed by atoms with van der Waals surface area (Å²) >= 11 is 5.45. The molecule has 0 aromatic heterocycles. The van der Waals surface area contributed by atoms with Crippen molar-refractivity contribution in [2.24, 2.45) is 5.92 Å². The molecule has 0 amide bonds. The zero-order valence-corrected chi connectivity index (χ0v) is 12.5. The van der Waals surface area contributed by atoms with Gasteiger partial charge in [0.05, 0.1) is 24.1 Å². The third kappa shape index (κ3) is 5.74. The van der Waals surface area contributed by atoms with E-state index < -0.39 is 7.37 Å². The molecule has 0 radical (unpaired) electrons. The van der Waals surface area contributed by atoms with E-state index in [1.165, 1.54) is 19.3 Å². The molecule has 1 saturated carbocycles. The smallest absolute Gasteiger partial charge is 0.224 e. The monoisotopic (exact) mass is 282 g/mol. The number of hydrogen-bond acceptors (Lipinski definition) is 3. The van der Waals surface area contributed by atoms with Crippen LogP contribution in [0.15, 0.2) is 0 Å². The molecule has 0 aromatic carbocycles. The molecule has 0 bridgehead atoms. The van der Waals surface area contributed by atoms with E-state index in [2.05, 4.69) is 0 Å². The Kier molecular flexibility index (Phi) is 7.10. The largest absolute Gasteiger partial charge is 0.378 e. The number of halogens is 1. The van der Waals surface area contributed by atoms with Crippen LogP contribution in [0.5, 0.6) is 0 Å². The predicted molar refractivity (Wildman–Crippen MR) is 71.9 cm³/mol. The van der Waals surface area contributed by atoms with Gasteiger partial charge in [0.15, 0.2) is 0 Å². The Balaban J connectivity index is 2.45. The first-order valence-corrected chi connectivity index (χ1v) is 8.90. The third-order valence-corrected chi connectivity index (χ3v) is 6.52. The summed E-state index contributed by atoms with van der Waals surface area (Å²) in [5.74, 6) is 0.516. The molecular formula is C12H24ClO3P. The third-order valence-electron chi connectivity index (χ3n) is 3.37. The van der Waals surface area contributed by atoms with Gasteiger partial charge >= 0.3 is 0 Å². The second-order valence-electron chi connectivity index (χ2n) is 5.02. The Morgan fingerprint density at radius 3 is 2.53 bits per heavy atom. The van der Waals surface area contributed by atoms with Gasteiger partial charge in [0.2, 0.25) is 7.37 Å². The lowest BCUT2D eigenvalue weighted by atomic mass is 9.91. The molecule has 0 heterocycles. The molecule has 17 heavy (non-hydrogen) atoms.